The Morgan fingerprint density at radius 2 is 2.05 bits per heavy atom. The fraction of sp³-hybridized carbons (Fsp3) is 0.400. The minimum Gasteiger partial charge on any atom is -0.330 e. The van der Waals surface area contributed by atoms with Crippen molar-refractivity contribution in [2.24, 2.45) is 5.73 Å². The quantitative estimate of drug-likeness (QED) is 0.905. The summed E-state index contributed by atoms with van der Waals surface area (Å²) in [5, 5.41) is 3.56. The normalized spacial score (nSPS) is 18.8. The molecule has 0 amide bonds. The van der Waals surface area contributed by atoms with E-state index in [9.17, 15) is 0 Å². The van der Waals surface area contributed by atoms with Gasteiger partial charge in [-0.15, -0.1) is 0 Å². The Morgan fingerprint density at radius 3 is 2.86 bits per heavy atom. The number of fused-ring (bicyclic) bond motifs is 1. The lowest BCUT2D eigenvalue weighted by Gasteiger charge is -2.26. The van der Waals surface area contributed by atoms with Crippen LogP contribution in [0.1, 0.15) is 53.6 Å². The molecule has 2 aromatic rings. The van der Waals surface area contributed by atoms with Gasteiger partial charge in [0.05, 0.1) is 0 Å². The van der Waals surface area contributed by atoms with Gasteiger partial charge in [0, 0.05) is 12.0 Å². The van der Waals surface area contributed by atoms with Gasteiger partial charge in [-0.3, -0.25) is 0 Å². The summed E-state index contributed by atoms with van der Waals surface area (Å²) in [4.78, 5) is 0. The summed E-state index contributed by atoms with van der Waals surface area (Å²) in [7, 11) is 0. The van der Waals surface area contributed by atoms with Crippen LogP contribution < -0.4 is 11.1 Å². The van der Waals surface area contributed by atoms with Crippen LogP contribution in [-0.2, 0) is 12.8 Å². The molecule has 1 aliphatic rings. The summed E-state index contributed by atoms with van der Waals surface area (Å²) in [6.45, 7) is 6.35. The standard InChI is InChI=1S/C20H26N2/c1-14(19-6-4-3-5-16(19)9-11-21)18-8-7-17-10-12-22-15(2)20(17)13-18/h3-8,13-15,22H,9-12,21H2,1-2H3. The molecule has 2 nitrogen and oxygen atoms in total. The number of nitrogens with two attached hydrogens (primary N) is 1. The Balaban J connectivity index is 1.96. The fourth-order valence-corrected chi connectivity index (χ4v) is 3.57. The fourth-order valence-electron chi connectivity index (χ4n) is 3.57. The Labute approximate surface area is 133 Å². The molecule has 22 heavy (non-hydrogen) atoms. The molecule has 0 radical (unpaired) electrons. The summed E-state index contributed by atoms with van der Waals surface area (Å²) in [5.74, 6) is 0.405. The van der Waals surface area contributed by atoms with Crippen LogP contribution in [0, 0.1) is 0 Å². The molecule has 1 aliphatic heterocycles. The van der Waals surface area contributed by atoms with Crippen molar-refractivity contribution < 1.29 is 0 Å². The second kappa shape index (κ2) is 6.64. The zero-order chi connectivity index (χ0) is 15.5. The molecule has 3 N–H and O–H groups in total. The smallest absolute Gasteiger partial charge is 0.0294 e. The third kappa shape index (κ3) is 2.94. The molecule has 2 atom stereocenters. The summed E-state index contributed by atoms with van der Waals surface area (Å²) in [5.41, 5.74) is 12.9. The molecule has 0 aliphatic carbocycles. The van der Waals surface area contributed by atoms with Gasteiger partial charge in [0.2, 0.25) is 0 Å². The van der Waals surface area contributed by atoms with E-state index < -0.39 is 0 Å². The van der Waals surface area contributed by atoms with E-state index in [0.717, 1.165) is 19.4 Å². The highest BCUT2D eigenvalue weighted by atomic mass is 14.9. The van der Waals surface area contributed by atoms with Gasteiger partial charge in [-0.05, 0) is 60.7 Å². The first-order chi connectivity index (χ1) is 10.7. The van der Waals surface area contributed by atoms with E-state index in [0.29, 0.717) is 18.5 Å². The van der Waals surface area contributed by atoms with Gasteiger partial charge in [-0.1, -0.05) is 49.4 Å². The SMILES string of the molecule is CC1NCCc2ccc(C(C)c3ccccc3CCN)cc21. The number of hydrogen-bond donors (Lipinski definition) is 2. The van der Waals surface area contributed by atoms with Crippen LogP contribution in [0.25, 0.3) is 0 Å². The van der Waals surface area contributed by atoms with E-state index in [1.807, 2.05) is 0 Å². The lowest BCUT2D eigenvalue weighted by Crippen LogP contribution is -2.27. The van der Waals surface area contributed by atoms with E-state index in [1.165, 1.54) is 27.8 Å². The molecule has 116 valence electrons. The molecule has 0 bridgehead atoms. The van der Waals surface area contributed by atoms with Crippen molar-refractivity contribution in [2.45, 2.75) is 38.6 Å². The lowest BCUT2D eigenvalue weighted by atomic mass is 9.85. The topological polar surface area (TPSA) is 38.0 Å². The van der Waals surface area contributed by atoms with Crippen molar-refractivity contribution in [3.8, 4) is 0 Å². The average molecular weight is 294 g/mol. The van der Waals surface area contributed by atoms with Crippen molar-refractivity contribution in [2.75, 3.05) is 13.1 Å². The van der Waals surface area contributed by atoms with Crippen LogP contribution >= 0.6 is 0 Å². The van der Waals surface area contributed by atoms with Crippen LogP contribution in [0.2, 0.25) is 0 Å². The summed E-state index contributed by atoms with van der Waals surface area (Å²) < 4.78 is 0. The number of hydrogen-bond acceptors (Lipinski definition) is 2. The molecule has 0 fully saturated rings. The molecule has 2 aromatic carbocycles. The maximum atomic E-state index is 5.77. The monoisotopic (exact) mass is 294 g/mol. The number of nitrogens with one attached hydrogen (secondary N) is 1. The highest BCUT2D eigenvalue weighted by Crippen LogP contribution is 2.31. The van der Waals surface area contributed by atoms with Gasteiger partial charge in [0.25, 0.3) is 0 Å². The third-order valence-electron chi connectivity index (χ3n) is 4.92. The highest BCUT2D eigenvalue weighted by molar-refractivity contribution is 5.42. The predicted molar refractivity (Wildman–Crippen MR) is 93.3 cm³/mol. The van der Waals surface area contributed by atoms with Crippen LogP contribution in [0.4, 0.5) is 0 Å². The summed E-state index contributed by atoms with van der Waals surface area (Å²) >= 11 is 0. The van der Waals surface area contributed by atoms with Crippen molar-refractivity contribution in [3.63, 3.8) is 0 Å². The number of benzene rings is 2. The van der Waals surface area contributed by atoms with E-state index in [4.69, 9.17) is 5.73 Å². The Hall–Kier alpha value is -1.64. The van der Waals surface area contributed by atoms with E-state index in [-0.39, 0.29) is 0 Å². The van der Waals surface area contributed by atoms with Crippen LogP contribution in [0.5, 0.6) is 0 Å². The molecule has 0 saturated heterocycles. The second-order valence-electron chi connectivity index (χ2n) is 6.34. The lowest BCUT2D eigenvalue weighted by molar-refractivity contribution is 0.540. The zero-order valence-electron chi connectivity index (χ0n) is 13.6. The summed E-state index contributed by atoms with van der Waals surface area (Å²) in [6.07, 6.45) is 2.08. The first kappa shape index (κ1) is 15.3. The van der Waals surface area contributed by atoms with Gasteiger partial charge >= 0.3 is 0 Å². The number of rotatable bonds is 4. The predicted octanol–water partition coefficient (Wildman–Crippen LogP) is 3.55. The van der Waals surface area contributed by atoms with Gasteiger partial charge in [0.15, 0.2) is 0 Å². The first-order valence-electron chi connectivity index (χ1n) is 8.34. The largest absolute Gasteiger partial charge is 0.330 e. The maximum absolute atomic E-state index is 5.77. The van der Waals surface area contributed by atoms with E-state index >= 15 is 0 Å². The van der Waals surface area contributed by atoms with Gasteiger partial charge in [-0.25, -0.2) is 0 Å². The Bertz CT molecular complexity index is 648. The Kier molecular flexibility index (Phi) is 4.60. The average Bonchev–Trinajstić information content (AvgIpc) is 2.55. The molecular formula is C20H26N2. The minimum atomic E-state index is 0.405. The molecule has 3 rings (SSSR count). The molecule has 0 aromatic heterocycles. The third-order valence-corrected chi connectivity index (χ3v) is 4.92. The highest BCUT2D eigenvalue weighted by Gasteiger charge is 2.18. The van der Waals surface area contributed by atoms with E-state index in [2.05, 4.69) is 61.6 Å². The maximum Gasteiger partial charge on any atom is 0.0294 e. The Morgan fingerprint density at radius 1 is 1.23 bits per heavy atom. The molecule has 2 unspecified atom stereocenters. The van der Waals surface area contributed by atoms with Crippen molar-refractivity contribution >= 4 is 0 Å². The minimum absolute atomic E-state index is 0.405. The van der Waals surface area contributed by atoms with E-state index in [1.54, 1.807) is 0 Å². The van der Waals surface area contributed by atoms with Gasteiger partial charge in [0.1, 0.15) is 0 Å². The van der Waals surface area contributed by atoms with Crippen LogP contribution in [-0.4, -0.2) is 13.1 Å². The van der Waals surface area contributed by atoms with Crippen molar-refractivity contribution in [1.82, 2.24) is 5.32 Å². The molecule has 0 spiro atoms. The molecule has 1 heterocycles. The van der Waals surface area contributed by atoms with Crippen LogP contribution in [0.3, 0.4) is 0 Å². The van der Waals surface area contributed by atoms with Crippen molar-refractivity contribution in [3.05, 3.63) is 70.3 Å². The molecular weight excluding hydrogens is 268 g/mol. The molecule has 0 saturated carbocycles. The molecule has 2 heteroatoms. The summed E-state index contributed by atoms with van der Waals surface area (Å²) in [6, 6.07) is 16.2. The first-order valence-corrected chi connectivity index (χ1v) is 8.34. The second-order valence-corrected chi connectivity index (χ2v) is 6.34. The van der Waals surface area contributed by atoms with Gasteiger partial charge < -0.3 is 11.1 Å². The zero-order valence-corrected chi connectivity index (χ0v) is 13.6. The van der Waals surface area contributed by atoms with Crippen LogP contribution in [0.15, 0.2) is 42.5 Å². The van der Waals surface area contributed by atoms with Gasteiger partial charge in [-0.2, -0.15) is 0 Å². The van der Waals surface area contributed by atoms with Crippen molar-refractivity contribution in [1.29, 1.82) is 0 Å².